The highest BCUT2D eigenvalue weighted by Gasteiger charge is 2.15. The monoisotopic (exact) mass is 376 g/mol. The third kappa shape index (κ3) is 3.09. The molecule has 2 rings (SSSR count). The summed E-state index contributed by atoms with van der Waals surface area (Å²) in [6.07, 6.45) is 0. The molecule has 0 N–H and O–H groups in total. The van der Waals surface area contributed by atoms with Gasteiger partial charge in [0.15, 0.2) is 0 Å². The van der Waals surface area contributed by atoms with Crippen LogP contribution in [0.3, 0.4) is 0 Å². The molecule has 2 aromatic rings. The van der Waals surface area contributed by atoms with Crippen LogP contribution in [-0.4, -0.2) is 0 Å². The van der Waals surface area contributed by atoms with Crippen LogP contribution in [0.4, 0.5) is 4.39 Å². The van der Waals surface area contributed by atoms with Gasteiger partial charge in [-0.15, -0.1) is 11.6 Å². The van der Waals surface area contributed by atoms with Crippen molar-refractivity contribution < 1.29 is 4.39 Å². The van der Waals surface area contributed by atoms with E-state index in [1.165, 1.54) is 6.07 Å². The Balaban J connectivity index is 2.39. The average molecular weight is 378 g/mol. The summed E-state index contributed by atoms with van der Waals surface area (Å²) in [6.45, 7) is 0. The van der Waals surface area contributed by atoms with Crippen molar-refractivity contribution in [3.05, 3.63) is 68.4 Å². The van der Waals surface area contributed by atoms with E-state index in [0.29, 0.717) is 5.56 Å². The highest BCUT2D eigenvalue weighted by atomic mass is 79.9. The third-order valence-corrected chi connectivity index (χ3v) is 3.90. The molecule has 1 atom stereocenters. The van der Waals surface area contributed by atoms with Crippen LogP contribution in [-0.2, 0) is 0 Å². The Bertz CT molecular complexity index is 525. The molecule has 1 unspecified atom stereocenters. The molecular weight excluding hydrogens is 370 g/mol. The Morgan fingerprint density at radius 1 is 0.941 bits per heavy atom. The highest BCUT2D eigenvalue weighted by Crippen LogP contribution is 2.32. The van der Waals surface area contributed by atoms with E-state index in [9.17, 15) is 4.39 Å². The molecular formula is C13H8Br2ClF. The van der Waals surface area contributed by atoms with E-state index in [2.05, 4.69) is 31.9 Å². The molecule has 0 amide bonds. The summed E-state index contributed by atoms with van der Waals surface area (Å²) in [4.78, 5) is 0. The maximum Gasteiger partial charge on any atom is 0.128 e. The van der Waals surface area contributed by atoms with Crippen LogP contribution in [0.5, 0.6) is 0 Å². The fourth-order valence-corrected chi connectivity index (χ4v) is 2.48. The van der Waals surface area contributed by atoms with Crippen LogP contribution >= 0.6 is 43.5 Å². The van der Waals surface area contributed by atoms with E-state index in [0.717, 1.165) is 14.5 Å². The number of rotatable bonds is 2. The average Bonchev–Trinajstić information content (AvgIpc) is 2.32. The van der Waals surface area contributed by atoms with Crippen LogP contribution in [0.25, 0.3) is 0 Å². The molecule has 0 aliphatic rings. The lowest BCUT2D eigenvalue weighted by atomic mass is 10.0. The van der Waals surface area contributed by atoms with Crippen LogP contribution < -0.4 is 0 Å². The molecule has 2 aromatic carbocycles. The van der Waals surface area contributed by atoms with Crippen LogP contribution in [0.1, 0.15) is 16.5 Å². The van der Waals surface area contributed by atoms with E-state index in [4.69, 9.17) is 11.6 Å². The van der Waals surface area contributed by atoms with Gasteiger partial charge in [0.05, 0.1) is 5.38 Å². The molecule has 0 spiro atoms. The fraction of sp³-hybridized carbons (Fsp3) is 0.0769. The normalized spacial score (nSPS) is 12.5. The zero-order valence-electron chi connectivity index (χ0n) is 8.63. The van der Waals surface area contributed by atoms with Crippen molar-refractivity contribution in [1.82, 2.24) is 0 Å². The molecule has 0 saturated carbocycles. The van der Waals surface area contributed by atoms with Gasteiger partial charge in [-0.3, -0.25) is 0 Å². The summed E-state index contributed by atoms with van der Waals surface area (Å²) in [6, 6.07) is 12.3. The van der Waals surface area contributed by atoms with Crippen molar-refractivity contribution in [1.29, 1.82) is 0 Å². The Morgan fingerprint density at radius 2 is 1.53 bits per heavy atom. The van der Waals surface area contributed by atoms with Crippen molar-refractivity contribution in [2.24, 2.45) is 0 Å². The van der Waals surface area contributed by atoms with Crippen LogP contribution in [0.15, 0.2) is 51.4 Å². The largest absolute Gasteiger partial charge is 0.207 e. The van der Waals surface area contributed by atoms with Gasteiger partial charge in [-0.25, -0.2) is 4.39 Å². The van der Waals surface area contributed by atoms with Crippen molar-refractivity contribution in [2.75, 3.05) is 0 Å². The first-order chi connectivity index (χ1) is 8.08. The fourth-order valence-electron chi connectivity index (χ4n) is 1.52. The second kappa shape index (κ2) is 5.51. The number of benzene rings is 2. The zero-order valence-corrected chi connectivity index (χ0v) is 12.6. The summed E-state index contributed by atoms with van der Waals surface area (Å²) in [7, 11) is 0. The molecule has 4 heteroatoms. The molecule has 88 valence electrons. The highest BCUT2D eigenvalue weighted by molar-refractivity contribution is 9.10. The predicted octanol–water partition coefficient (Wildman–Crippen LogP) is 5.68. The molecule has 0 radical (unpaired) electrons. The van der Waals surface area contributed by atoms with E-state index in [-0.39, 0.29) is 5.82 Å². The second-order valence-electron chi connectivity index (χ2n) is 3.58. The molecule has 0 aromatic heterocycles. The Labute approximate surface area is 121 Å². The predicted molar refractivity (Wildman–Crippen MR) is 75.9 cm³/mol. The SMILES string of the molecule is Fc1ccc(Br)cc1C(Cl)c1ccc(Br)cc1. The lowest BCUT2D eigenvalue weighted by molar-refractivity contribution is 0.612. The minimum absolute atomic E-state index is 0.295. The van der Waals surface area contributed by atoms with Gasteiger partial charge in [0, 0.05) is 14.5 Å². The zero-order chi connectivity index (χ0) is 12.4. The first kappa shape index (κ1) is 13.1. The van der Waals surface area contributed by atoms with Crippen molar-refractivity contribution in [3.8, 4) is 0 Å². The summed E-state index contributed by atoms with van der Waals surface area (Å²) in [5, 5.41) is -0.486. The van der Waals surface area contributed by atoms with Crippen LogP contribution in [0, 0.1) is 5.82 Å². The summed E-state index contributed by atoms with van der Waals surface area (Å²) < 4.78 is 15.5. The topological polar surface area (TPSA) is 0 Å². The molecule has 0 aliphatic heterocycles. The van der Waals surface area contributed by atoms with Crippen molar-refractivity contribution in [3.63, 3.8) is 0 Å². The van der Waals surface area contributed by atoms with Gasteiger partial charge in [0.1, 0.15) is 5.82 Å². The lowest BCUT2D eigenvalue weighted by Crippen LogP contribution is -1.96. The molecule has 0 fully saturated rings. The standard InChI is InChI=1S/C13H8Br2ClF/c14-9-3-1-8(2-4-9)13(16)11-7-10(15)5-6-12(11)17/h1-7,13H. The second-order valence-corrected chi connectivity index (χ2v) is 5.85. The molecule has 17 heavy (non-hydrogen) atoms. The van der Waals surface area contributed by atoms with Gasteiger partial charge in [-0.2, -0.15) is 0 Å². The molecule has 0 heterocycles. The quantitative estimate of drug-likeness (QED) is 0.590. The van der Waals surface area contributed by atoms with E-state index in [1.54, 1.807) is 12.1 Å². The number of hydrogen-bond donors (Lipinski definition) is 0. The Kier molecular flexibility index (Phi) is 4.23. The first-order valence-corrected chi connectivity index (χ1v) is 6.94. The summed E-state index contributed by atoms with van der Waals surface area (Å²) in [5.74, 6) is -0.295. The number of hydrogen-bond acceptors (Lipinski definition) is 0. The third-order valence-electron chi connectivity index (χ3n) is 2.39. The molecule has 0 bridgehead atoms. The van der Waals surface area contributed by atoms with Gasteiger partial charge < -0.3 is 0 Å². The number of halogens is 4. The first-order valence-electron chi connectivity index (χ1n) is 4.92. The van der Waals surface area contributed by atoms with Crippen molar-refractivity contribution in [2.45, 2.75) is 5.38 Å². The maximum atomic E-state index is 13.7. The van der Waals surface area contributed by atoms with Crippen LogP contribution in [0.2, 0.25) is 0 Å². The maximum absolute atomic E-state index is 13.7. The Morgan fingerprint density at radius 3 is 2.18 bits per heavy atom. The van der Waals surface area contributed by atoms with E-state index in [1.807, 2.05) is 24.3 Å². The summed E-state index contributed by atoms with van der Waals surface area (Å²) >= 11 is 13.0. The van der Waals surface area contributed by atoms with E-state index >= 15 is 0 Å². The van der Waals surface area contributed by atoms with Crippen molar-refractivity contribution >= 4 is 43.5 Å². The van der Waals surface area contributed by atoms with Gasteiger partial charge in [-0.05, 0) is 35.9 Å². The molecule has 0 aliphatic carbocycles. The lowest BCUT2D eigenvalue weighted by Gasteiger charge is -2.12. The molecule has 0 nitrogen and oxygen atoms in total. The Hall–Kier alpha value is -0.380. The minimum Gasteiger partial charge on any atom is -0.207 e. The van der Waals surface area contributed by atoms with E-state index < -0.39 is 5.38 Å². The van der Waals surface area contributed by atoms with Gasteiger partial charge >= 0.3 is 0 Å². The minimum atomic E-state index is -0.486. The molecule has 0 saturated heterocycles. The van der Waals surface area contributed by atoms with Gasteiger partial charge in [0.25, 0.3) is 0 Å². The van der Waals surface area contributed by atoms with Gasteiger partial charge in [-0.1, -0.05) is 44.0 Å². The van der Waals surface area contributed by atoms with Gasteiger partial charge in [0.2, 0.25) is 0 Å². The summed E-state index contributed by atoms with van der Waals surface area (Å²) in [5.41, 5.74) is 1.34. The number of alkyl halides is 1. The smallest absolute Gasteiger partial charge is 0.128 e.